The fourth-order valence-corrected chi connectivity index (χ4v) is 1.75. The van der Waals surface area contributed by atoms with Crippen molar-refractivity contribution >= 4 is 11.8 Å². The summed E-state index contributed by atoms with van der Waals surface area (Å²) in [7, 11) is 0. The monoisotopic (exact) mass is 241 g/mol. The third-order valence-electron chi connectivity index (χ3n) is 2.95. The van der Waals surface area contributed by atoms with Gasteiger partial charge >= 0.3 is 5.97 Å². The van der Waals surface area contributed by atoms with E-state index in [0.717, 1.165) is 12.5 Å². The lowest BCUT2D eigenvalue weighted by atomic mass is 10.2. The Morgan fingerprint density at radius 2 is 2.00 bits per heavy atom. The third-order valence-corrected chi connectivity index (χ3v) is 2.95. The number of hydrogen-bond acceptors (Lipinski definition) is 4. The second-order valence-corrected chi connectivity index (χ2v) is 4.99. The van der Waals surface area contributed by atoms with E-state index in [2.05, 4.69) is 18.7 Å². The van der Waals surface area contributed by atoms with E-state index in [1.807, 2.05) is 0 Å². The molecule has 0 amide bonds. The zero-order valence-corrected chi connectivity index (χ0v) is 11.1. The van der Waals surface area contributed by atoms with Crippen LogP contribution >= 0.6 is 0 Å². The van der Waals surface area contributed by atoms with Gasteiger partial charge in [-0.2, -0.15) is 0 Å². The number of Topliss-reactive ketones (excluding diaryl/α,β-unsaturated/α-hetero) is 1. The molecule has 1 rings (SSSR count). The van der Waals surface area contributed by atoms with Crippen molar-refractivity contribution in [1.82, 2.24) is 4.90 Å². The first-order valence-corrected chi connectivity index (χ1v) is 6.44. The van der Waals surface area contributed by atoms with Crippen molar-refractivity contribution in [2.75, 3.05) is 19.7 Å². The number of hydrogen-bond donors (Lipinski definition) is 0. The average Bonchev–Trinajstić information content (AvgIpc) is 3.00. The minimum Gasteiger partial charge on any atom is -0.466 e. The van der Waals surface area contributed by atoms with Crippen molar-refractivity contribution in [2.45, 2.75) is 46.1 Å². The van der Waals surface area contributed by atoms with Crippen LogP contribution in [0.1, 0.15) is 40.0 Å². The molecule has 0 bridgehead atoms. The van der Waals surface area contributed by atoms with Crippen LogP contribution in [0.4, 0.5) is 0 Å². The molecule has 98 valence electrons. The second kappa shape index (κ2) is 6.74. The van der Waals surface area contributed by atoms with Crippen molar-refractivity contribution in [2.24, 2.45) is 5.92 Å². The average molecular weight is 241 g/mol. The van der Waals surface area contributed by atoms with Crippen molar-refractivity contribution in [3.8, 4) is 0 Å². The van der Waals surface area contributed by atoms with Gasteiger partial charge < -0.3 is 4.74 Å². The fraction of sp³-hybridized carbons (Fsp3) is 0.846. The first-order chi connectivity index (χ1) is 8.02. The Hall–Kier alpha value is -0.900. The van der Waals surface area contributed by atoms with Crippen LogP contribution in [0.5, 0.6) is 0 Å². The Morgan fingerprint density at radius 3 is 2.47 bits per heavy atom. The van der Waals surface area contributed by atoms with E-state index in [1.54, 1.807) is 6.92 Å². The smallest absolute Gasteiger partial charge is 0.313 e. The summed E-state index contributed by atoms with van der Waals surface area (Å²) in [5, 5.41) is 0. The van der Waals surface area contributed by atoms with Gasteiger partial charge in [-0.15, -0.1) is 0 Å². The highest BCUT2D eigenvalue weighted by molar-refractivity contribution is 5.96. The predicted molar refractivity (Wildman–Crippen MR) is 65.7 cm³/mol. The molecule has 0 aromatic rings. The predicted octanol–water partition coefficient (Wildman–Crippen LogP) is 1.63. The topological polar surface area (TPSA) is 46.6 Å². The number of carbonyl (C=O) groups excluding carboxylic acids is 2. The van der Waals surface area contributed by atoms with Gasteiger partial charge in [-0.1, -0.05) is 0 Å². The summed E-state index contributed by atoms with van der Waals surface area (Å²) in [5.41, 5.74) is 0. The van der Waals surface area contributed by atoms with Gasteiger partial charge in [0.2, 0.25) is 0 Å². The fourth-order valence-electron chi connectivity index (χ4n) is 1.75. The van der Waals surface area contributed by atoms with Crippen molar-refractivity contribution in [3.05, 3.63) is 0 Å². The zero-order chi connectivity index (χ0) is 12.8. The second-order valence-electron chi connectivity index (χ2n) is 4.99. The van der Waals surface area contributed by atoms with E-state index in [9.17, 15) is 9.59 Å². The molecular weight excluding hydrogens is 218 g/mol. The molecule has 17 heavy (non-hydrogen) atoms. The van der Waals surface area contributed by atoms with Gasteiger partial charge in [0.25, 0.3) is 0 Å². The number of esters is 1. The quantitative estimate of drug-likeness (QED) is 0.478. The van der Waals surface area contributed by atoms with E-state index in [1.165, 1.54) is 12.8 Å². The van der Waals surface area contributed by atoms with Gasteiger partial charge in [-0.3, -0.25) is 14.5 Å². The van der Waals surface area contributed by atoms with Gasteiger partial charge in [0, 0.05) is 12.6 Å². The normalized spacial score (nSPS) is 15.4. The molecule has 0 unspecified atom stereocenters. The Balaban J connectivity index is 2.32. The van der Waals surface area contributed by atoms with Crippen LogP contribution in [0.15, 0.2) is 0 Å². The van der Waals surface area contributed by atoms with Crippen LogP contribution in [-0.2, 0) is 14.3 Å². The minimum atomic E-state index is -0.410. The molecule has 0 spiro atoms. The lowest BCUT2D eigenvalue weighted by Crippen LogP contribution is -2.37. The van der Waals surface area contributed by atoms with Crippen LogP contribution in [0, 0.1) is 5.92 Å². The molecular formula is C13H23NO3. The molecule has 0 aromatic heterocycles. The molecule has 4 nitrogen and oxygen atoms in total. The molecule has 0 aliphatic heterocycles. The molecule has 0 aromatic carbocycles. The van der Waals surface area contributed by atoms with Crippen LogP contribution in [0.3, 0.4) is 0 Å². The summed E-state index contributed by atoms with van der Waals surface area (Å²) < 4.78 is 4.77. The molecule has 0 saturated heterocycles. The SMILES string of the molecule is CCOC(=O)CC(=O)CN(CC1CC1)C(C)C. The number of carbonyl (C=O) groups is 2. The lowest BCUT2D eigenvalue weighted by Gasteiger charge is -2.25. The molecule has 1 aliphatic carbocycles. The van der Waals surface area contributed by atoms with Crippen LogP contribution in [0.2, 0.25) is 0 Å². The largest absolute Gasteiger partial charge is 0.466 e. The summed E-state index contributed by atoms with van der Waals surface area (Å²) in [5.74, 6) is 0.304. The first-order valence-electron chi connectivity index (χ1n) is 6.44. The van der Waals surface area contributed by atoms with E-state index >= 15 is 0 Å². The maximum Gasteiger partial charge on any atom is 0.313 e. The molecule has 0 radical (unpaired) electrons. The molecule has 1 fully saturated rings. The van der Waals surface area contributed by atoms with Crippen molar-refractivity contribution < 1.29 is 14.3 Å². The number of ether oxygens (including phenoxy) is 1. The van der Waals surface area contributed by atoms with Gasteiger partial charge in [0.05, 0.1) is 13.2 Å². The molecule has 0 N–H and O–H groups in total. The summed E-state index contributed by atoms with van der Waals surface area (Å²) in [4.78, 5) is 25.0. The standard InChI is InChI=1S/C13H23NO3/c1-4-17-13(16)7-12(15)9-14(10(2)3)8-11-5-6-11/h10-11H,4-9H2,1-3H3. The molecule has 0 atom stereocenters. The van der Waals surface area contributed by atoms with Crippen LogP contribution < -0.4 is 0 Å². The number of nitrogens with zero attached hydrogens (tertiary/aromatic N) is 1. The summed E-state index contributed by atoms with van der Waals surface area (Å²) in [6.45, 7) is 7.59. The summed E-state index contributed by atoms with van der Waals surface area (Å²) >= 11 is 0. The Labute approximate surface area is 103 Å². The third kappa shape index (κ3) is 5.82. The first kappa shape index (κ1) is 14.2. The minimum absolute atomic E-state index is 0.0437. The van der Waals surface area contributed by atoms with Gasteiger partial charge in [-0.05, 0) is 39.5 Å². The molecule has 1 aliphatic rings. The van der Waals surface area contributed by atoms with Gasteiger partial charge in [-0.25, -0.2) is 0 Å². The van der Waals surface area contributed by atoms with E-state index < -0.39 is 5.97 Å². The van der Waals surface area contributed by atoms with Crippen molar-refractivity contribution in [3.63, 3.8) is 0 Å². The Bertz CT molecular complexity index is 272. The maximum atomic E-state index is 11.7. The van der Waals surface area contributed by atoms with Crippen LogP contribution in [-0.4, -0.2) is 42.4 Å². The van der Waals surface area contributed by atoms with Crippen molar-refractivity contribution in [1.29, 1.82) is 0 Å². The zero-order valence-electron chi connectivity index (χ0n) is 11.1. The Morgan fingerprint density at radius 1 is 1.35 bits per heavy atom. The number of rotatable bonds is 8. The lowest BCUT2D eigenvalue weighted by molar-refractivity contribution is -0.145. The van der Waals surface area contributed by atoms with E-state index in [-0.39, 0.29) is 12.2 Å². The molecule has 4 heteroatoms. The van der Waals surface area contributed by atoms with E-state index in [4.69, 9.17) is 4.74 Å². The highest BCUT2D eigenvalue weighted by Gasteiger charge is 2.26. The summed E-state index contributed by atoms with van der Waals surface area (Å²) in [6, 6.07) is 0.349. The van der Waals surface area contributed by atoms with Crippen LogP contribution in [0.25, 0.3) is 0 Å². The van der Waals surface area contributed by atoms with Gasteiger partial charge in [0.15, 0.2) is 5.78 Å². The molecule has 0 heterocycles. The van der Waals surface area contributed by atoms with Gasteiger partial charge in [0.1, 0.15) is 6.42 Å². The number of ketones is 1. The highest BCUT2D eigenvalue weighted by atomic mass is 16.5. The Kier molecular flexibility index (Phi) is 5.62. The maximum absolute atomic E-state index is 11.7. The van der Waals surface area contributed by atoms with E-state index in [0.29, 0.717) is 19.2 Å². The highest BCUT2D eigenvalue weighted by Crippen LogP contribution is 2.30. The molecule has 1 saturated carbocycles. The summed E-state index contributed by atoms with van der Waals surface area (Å²) in [6.07, 6.45) is 2.45.